The van der Waals surface area contributed by atoms with Gasteiger partial charge in [0.15, 0.2) is 8.32 Å². The fourth-order valence-corrected chi connectivity index (χ4v) is 8.86. The topological polar surface area (TPSA) is 46.4 Å². The maximum Gasteiger partial charge on any atom is 0.219 e. The molecule has 0 bridgehead atoms. The molecule has 1 aliphatic rings. The summed E-state index contributed by atoms with van der Waals surface area (Å²) in [5.74, 6) is 0. The summed E-state index contributed by atoms with van der Waals surface area (Å²) in [6, 6.07) is 0.0278. The second kappa shape index (κ2) is 5.93. The van der Waals surface area contributed by atoms with Gasteiger partial charge in [-0.05, 0) is 38.9 Å². The van der Waals surface area contributed by atoms with Crippen LogP contribution in [0.1, 0.15) is 41.5 Å². The van der Waals surface area contributed by atoms with Crippen LogP contribution in [0.25, 0.3) is 0 Å². The van der Waals surface area contributed by atoms with Gasteiger partial charge >= 0.3 is 0 Å². The molecule has 0 N–H and O–H groups in total. The lowest BCUT2D eigenvalue weighted by Crippen LogP contribution is -2.42. The van der Waals surface area contributed by atoms with E-state index in [1.807, 2.05) is 0 Å². The van der Waals surface area contributed by atoms with E-state index in [-0.39, 0.29) is 16.7 Å². The van der Waals surface area contributed by atoms with Gasteiger partial charge < -0.3 is 4.43 Å². The Morgan fingerprint density at radius 1 is 0.957 bits per heavy atom. The number of rotatable bonds is 5. The summed E-state index contributed by atoms with van der Waals surface area (Å²) in [5.41, 5.74) is 0.163. The Morgan fingerprint density at radius 3 is 1.70 bits per heavy atom. The molecule has 0 saturated carbocycles. The lowest BCUT2D eigenvalue weighted by atomic mass is 10.2. The molecule has 23 heavy (non-hydrogen) atoms. The first kappa shape index (κ1) is 21.3. The summed E-state index contributed by atoms with van der Waals surface area (Å²) in [4.78, 5) is 0. The van der Waals surface area contributed by atoms with Gasteiger partial charge in [-0.25, -0.2) is 8.42 Å². The van der Waals surface area contributed by atoms with Crippen molar-refractivity contribution >= 4 is 26.4 Å². The van der Waals surface area contributed by atoms with Gasteiger partial charge in [-0.3, -0.25) is 0 Å². The highest BCUT2D eigenvalue weighted by molar-refractivity contribution is 7.90. The Balaban J connectivity index is 2.98. The first-order valence-corrected chi connectivity index (χ1v) is 16.4. The zero-order chi connectivity index (χ0) is 18.6. The van der Waals surface area contributed by atoms with Crippen molar-refractivity contribution in [2.24, 2.45) is 0 Å². The molecule has 0 spiro atoms. The Hall–Kier alpha value is 0.304. The van der Waals surface area contributed by atoms with E-state index in [1.165, 1.54) is 0 Å². The molecule has 0 amide bonds. The maximum absolute atomic E-state index is 12.9. The van der Waals surface area contributed by atoms with Gasteiger partial charge in [0, 0.05) is 5.67 Å². The molecule has 1 heterocycles. The highest BCUT2D eigenvalue weighted by Gasteiger charge is 2.62. The fourth-order valence-electron chi connectivity index (χ4n) is 2.53. The zero-order valence-electron chi connectivity index (χ0n) is 16.9. The van der Waals surface area contributed by atoms with Gasteiger partial charge in [-0.2, -0.15) is 4.31 Å². The quantitative estimate of drug-likeness (QED) is 0.534. The van der Waals surface area contributed by atoms with Crippen molar-refractivity contribution in [2.75, 3.05) is 6.61 Å². The van der Waals surface area contributed by atoms with E-state index in [4.69, 9.17) is 4.43 Å². The SMILES string of the molecule is CC(C)(C)[Si](C)(C)OCC1C([Si](C)(C)C)N1S(=O)(=O)C(C)(C)C. The third-order valence-electron chi connectivity index (χ3n) is 5.24. The summed E-state index contributed by atoms with van der Waals surface area (Å²) >= 11 is 0. The van der Waals surface area contributed by atoms with Crippen LogP contribution in [0, 0.1) is 0 Å². The van der Waals surface area contributed by atoms with Crippen LogP contribution in [-0.4, -0.2) is 52.2 Å². The van der Waals surface area contributed by atoms with E-state index in [9.17, 15) is 8.42 Å². The van der Waals surface area contributed by atoms with E-state index in [0.29, 0.717) is 6.61 Å². The maximum atomic E-state index is 12.9. The molecule has 1 fully saturated rings. The molecule has 1 rings (SSSR count). The summed E-state index contributed by atoms with van der Waals surface area (Å²) in [7, 11) is -6.74. The average Bonchev–Trinajstić information content (AvgIpc) is 2.97. The van der Waals surface area contributed by atoms with Gasteiger partial charge in [0.1, 0.15) is 0 Å². The summed E-state index contributed by atoms with van der Waals surface area (Å²) < 4.78 is 33.2. The van der Waals surface area contributed by atoms with E-state index < -0.39 is 31.2 Å². The molecule has 138 valence electrons. The van der Waals surface area contributed by atoms with Crippen molar-refractivity contribution in [1.29, 1.82) is 0 Å². The van der Waals surface area contributed by atoms with Gasteiger partial charge in [0.25, 0.3) is 0 Å². The van der Waals surface area contributed by atoms with Crippen molar-refractivity contribution in [2.45, 2.75) is 95.8 Å². The number of hydrogen-bond acceptors (Lipinski definition) is 3. The molecule has 3 atom stereocenters. The first-order valence-electron chi connectivity index (χ1n) is 8.51. The van der Waals surface area contributed by atoms with E-state index in [1.54, 1.807) is 25.1 Å². The van der Waals surface area contributed by atoms with Crippen LogP contribution in [0.5, 0.6) is 0 Å². The van der Waals surface area contributed by atoms with Gasteiger partial charge in [0.05, 0.1) is 25.5 Å². The van der Waals surface area contributed by atoms with Crippen molar-refractivity contribution in [1.82, 2.24) is 4.31 Å². The van der Waals surface area contributed by atoms with Crippen LogP contribution < -0.4 is 0 Å². The van der Waals surface area contributed by atoms with Crippen LogP contribution in [0.4, 0.5) is 0 Å². The van der Waals surface area contributed by atoms with Crippen LogP contribution >= 0.6 is 0 Å². The molecule has 7 heteroatoms. The van der Waals surface area contributed by atoms with Crippen molar-refractivity contribution in [3.05, 3.63) is 0 Å². The van der Waals surface area contributed by atoms with Crippen molar-refractivity contribution < 1.29 is 12.8 Å². The van der Waals surface area contributed by atoms with Crippen LogP contribution in [0.2, 0.25) is 37.8 Å². The molecule has 1 aliphatic heterocycles. The van der Waals surface area contributed by atoms with Crippen molar-refractivity contribution in [3.63, 3.8) is 0 Å². The molecule has 1 saturated heterocycles. The second-order valence-electron chi connectivity index (χ2n) is 10.4. The fraction of sp³-hybridized carbons (Fsp3) is 1.00. The third kappa shape index (κ3) is 4.29. The smallest absolute Gasteiger partial charge is 0.219 e. The summed E-state index contributed by atoms with van der Waals surface area (Å²) in [6.45, 7) is 23.7. The molecule has 3 unspecified atom stereocenters. The average molecular weight is 380 g/mol. The standard InChI is InChI=1S/C16H37NO3SSi2/c1-15(2,3)21(18,19)17-13(14(17)22(7,8)9)12-20-23(10,11)16(4,5)6/h13-14H,12H2,1-11H3. The van der Waals surface area contributed by atoms with Crippen LogP contribution in [-0.2, 0) is 14.4 Å². The number of hydrogen-bond donors (Lipinski definition) is 0. The predicted molar refractivity (Wildman–Crippen MR) is 105 cm³/mol. The lowest BCUT2D eigenvalue weighted by molar-refractivity contribution is 0.280. The van der Waals surface area contributed by atoms with Gasteiger partial charge in [0.2, 0.25) is 10.0 Å². The van der Waals surface area contributed by atoms with Gasteiger partial charge in [-0.1, -0.05) is 40.4 Å². The molecule has 0 aromatic rings. The predicted octanol–water partition coefficient (Wildman–Crippen LogP) is 4.07. The first-order chi connectivity index (χ1) is 9.84. The Kier molecular flexibility index (Phi) is 5.51. The Morgan fingerprint density at radius 2 is 1.39 bits per heavy atom. The molecule has 0 aromatic heterocycles. The normalized spacial score (nSPS) is 27.2. The molecular formula is C16H37NO3SSi2. The molecule has 0 radical (unpaired) electrons. The second-order valence-corrected chi connectivity index (χ2v) is 23.1. The molecule has 4 nitrogen and oxygen atoms in total. The van der Waals surface area contributed by atoms with E-state index in [2.05, 4.69) is 53.5 Å². The summed E-state index contributed by atoms with van der Waals surface area (Å²) in [6.07, 6.45) is 0. The minimum Gasteiger partial charge on any atom is -0.415 e. The molecule has 0 aromatic carbocycles. The minimum atomic E-state index is -3.28. The summed E-state index contributed by atoms with van der Waals surface area (Å²) in [5, 5.41) is 0.143. The largest absolute Gasteiger partial charge is 0.415 e. The van der Waals surface area contributed by atoms with Crippen molar-refractivity contribution in [3.8, 4) is 0 Å². The highest BCUT2D eigenvalue weighted by atomic mass is 32.2. The van der Waals surface area contributed by atoms with E-state index >= 15 is 0 Å². The van der Waals surface area contributed by atoms with Gasteiger partial charge in [-0.15, -0.1) is 0 Å². The highest BCUT2D eigenvalue weighted by Crippen LogP contribution is 2.44. The lowest BCUT2D eigenvalue weighted by Gasteiger charge is -2.36. The number of sulfonamides is 1. The Labute approximate surface area is 146 Å². The van der Waals surface area contributed by atoms with Crippen LogP contribution in [0.15, 0.2) is 0 Å². The molecular weight excluding hydrogens is 342 g/mol. The number of nitrogens with zero attached hydrogens (tertiary/aromatic N) is 1. The molecule has 0 aliphatic carbocycles. The van der Waals surface area contributed by atoms with E-state index in [0.717, 1.165) is 0 Å². The third-order valence-corrected chi connectivity index (χ3v) is 15.0. The monoisotopic (exact) mass is 379 g/mol. The zero-order valence-corrected chi connectivity index (χ0v) is 19.8. The van der Waals surface area contributed by atoms with Crippen LogP contribution in [0.3, 0.4) is 0 Å². The Bertz CT molecular complexity index is 539. The minimum absolute atomic E-state index is 0.0278.